The molecule has 0 saturated carbocycles. The van der Waals surface area contributed by atoms with Crippen LogP contribution in [0.1, 0.15) is 44.0 Å². The summed E-state index contributed by atoms with van der Waals surface area (Å²) in [6.45, 7) is 5.07. The molecule has 0 saturated heterocycles. The molecule has 21 heavy (non-hydrogen) atoms. The van der Waals surface area contributed by atoms with Crippen LogP contribution in [0.15, 0.2) is 18.2 Å². The van der Waals surface area contributed by atoms with E-state index in [1.54, 1.807) is 6.07 Å². The van der Waals surface area contributed by atoms with Crippen molar-refractivity contribution in [3.8, 4) is 0 Å². The molecule has 0 unspecified atom stereocenters. The Labute approximate surface area is 123 Å². The normalized spacial score (nSPS) is 9.86. The molecule has 114 valence electrons. The molecule has 0 aromatic heterocycles. The Kier molecular flexibility index (Phi) is 6.39. The molecule has 0 aliphatic rings. The van der Waals surface area contributed by atoms with Crippen LogP contribution >= 0.6 is 0 Å². The molecule has 0 fully saturated rings. The van der Waals surface area contributed by atoms with E-state index in [4.69, 9.17) is 4.74 Å². The van der Waals surface area contributed by atoms with Gasteiger partial charge in [0, 0.05) is 25.2 Å². The summed E-state index contributed by atoms with van der Waals surface area (Å²) in [6, 6.07) is 4.60. The van der Waals surface area contributed by atoms with Gasteiger partial charge in [-0.2, -0.15) is 0 Å². The van der Waals surface area contributed by atoms with Gasteiger partial charge in [-0.25, -0.2) is 4.79 Å². The van der Waals surface area contributed by atoms with Crippen LogP contribution in [-0.4, -0.2) is 24.4 Å². The largest absolute Gasteiger partial charge is 0.462 e. The first-order chi connectivity index (χ1) is 9.92. The summed E-state index contributed by atoms with van der Waals surface area (Å²) in [5.41, 5.74) is 1.13. The van der Waals surface area contributed by atoms with E-state index in [0.29, 0.717) is 18.0 Å². The third kappa shape index (κ3) is 6.07. The first-order valence-corrected chi connectivity index (χ1v) is 6.79. The number of rotatable bonds is 6. The van der Waals surface area contributed by atoms with E-state index in [1.165, 1.54) is 26.0 Å². The maximum Gasteiger partial charge on any atom is 0.338 e. The van der Waals surface area contributed by atoms with Gasteiger partial charge in [0.25, 0.3) is 0 Å². The van der Waals surface area contributed by atoms with Crippen LogP contribution in [0.3, 0.4) is 0 Å². The highest BCUT2D eigenvalue weighted by Gasteiger charge is 2.11. The Morgan fingerprint density at radius 3 is 1.95 bits per heavy atom. The smallest absolute Gasteiger partial charge is 0.338 e. The van der Waals surface area contributed by atoms with Gasteiger partial charge in [0.2, 0.25) is 11.8 Å². The Balaban J connectivity index is 2.97. The van der Waals surface area contributed by atoms with Gasteiger partial charge in [-0.15, -0.1) is 0 Å². The number of carbonyl (C=O) groups excluding carboxylic acids is 3. The number of carbonyl (C=O) groups is 3. The van der Waals surface area contributed by atoms with Crippen LogP contribution in [0.2, 0.25) is 0 Å². The van der Waals surface area contributed by atoms with Crippen molar-refractivity contribution in [1.29, 1.82) is 0 Å². The van der Waals surface area contributed by atoms with Crippen molar-refractivity contribution in [3.05, 3.63) is 23.8 Å². The summed E-state index contributed by atoms with van der Waals surface area (Å²) in [5, 5.41) is 5.17. The lowest BCUT2D eigenvalue weighted by atomic mass is 10.1. The highest BCUT2D eigenvalue weighted by Crippen LogP contribution is 2.20. The molecule has 0 spiro atoms. The van der Waals surface area contributed by atoms with E-state index in [0.717, 1.165) is 12.8 Å². The third-order valence-electron chi connectivity index (χ3n) is 2.54. The van der Waals surface area contributed by atoms with Crippen LogP contribution in [-0.2, 0) is 14.3 Å². The predicted molar refractivity (Wildman–Crippen MR) is 80.2 cm³/mol. The first kappa shape index (κ1) is 16.7. The maximum absolute atomic E-state index is 11.9. The fourth-order valence-corrected chi connectivity index (χ4v) is 1.69. The quantitative estimate of drug-likeness (QED) is 0.623. The van der Waals surface area contributed by atoms with Gasteiger partial charge in [0.1, 0.15) is 0 Å². The predicted octanol–water partition coefficient (Wildman–Crippen LogP) is 2.56. The van der Waals surface area contributed by atoms with E-state index >= 15 is 0 Å². The summed E-state index contributed by atoms with van der Waals surface area (Å²) in [5.74, 6) is -1.01. The van der Waals surface area contributed by atoms with Crippen molar-refractivity contribution < 1.29 is 19.1 Å². The van der Waals surface area contributed by atoms with Gasteiger partial charge in [-0.05, 0) is 24.6 Å². The molecule has 0 heterocycles. The number of nitrogens with one attached hydrogen (secondary N) is 2. The highest BCUT2D eigenvalue weighted by atomic mass is 16.5. The summed E-state index contributed by atoms with van der Waals surface area (Å²) >= 11 is 0. The molecule has 2 N–H and O–H groups in total. The topological polar surface area (TPSA) is 84.5 Å². The average molecular weight is 292 g/mol. The van der Waals surface area contributed by atoms with Crippen molar-refractivity contribution in [2.45, 2.75) is 33.6 Å². The summed E-state index contributed by atoms with van der Waals surface area (Å²) in [4.78, 5) is 34.2. The van der Waals surface area contributed by atoms with Gasteiger partial charge in [0.05, 0.1) is 12.2 Å². The second-order valence-electron chi connectivity index (χ2n) is 4.65. The van der Waals surface area contributed by atoms with E-state index < -0.39 is 5.97 Å². The number of ether oxygens (including phenoxy) is 1. The molecule has 1 aromatic carbocycles. The number of amides is 2. The zero-order chi connectivity index (χ0) is 15.8. The fourth-order valence-electron chi connectivity index (χ4n) is 1.69. The molecule has 0 aliphatic carbocycles. The molecule has 0 bridgehead atoms. The lowest BCUT2D eigenvalue weighted by Gasteiger charge is -2.10. The SMILES string of the molecule is CCCCOC(=O)c1cc(NC(C)=O)cc(NC(C)=O)c1. The Hall–Kier alpha value is -2.37. The number of hydrogen-bond donors (Lipinski definition) is 2. The minimum absolute atomic E-state index is 0.264. The second kappa shape index (κ2) is 8.04. The zero-order valence-electron chi connectivity index (χ0n) is 12.5. The Morgan fingerprint density at radius 1 is 1.00 bits per heavy atom. The van der Waals surface area contributed by atoms with Crippen LogP contribution < -0.4 is 10.6 Å². The molecule has 6 nitrogen and oxygen atoms in total. The fraction of sp³-hybridized carbons (Fsp3) is 0.400. The monoisotopic (exact) mass is 292 g/mol. The molecule has 0 atom stereocenters. The Bertz CT molecular complexity index is 506. The minimum Gasteiger partial charge on any atom is -0.462 e. The van der Waals surface area contributed by atoms with Crippen LogP contribution in [0.4, 0.5) is 11.4 Å². The minimum atomic E-state index is -0.484. The van der Waals surface area contributed by atoms with Gasteiger partial charge < -0.3 is 15.4 Å². The van der Waals surface area contributed by atoms with Crippen LogP contribution in [0.5, 0.6) is 0 Å². The molecule has 1 aromatic rings. The van der Waals surface area contributed by atoms with Gasteiger partial charge in [0.15, 0.2) is 0 Å². The van der Waals surface area contributed by atoms with Crippen molar-refractivity contribution in [2.24, 2.45) is 0 Å². The van der Waals surface area contributed by atoms with Gasteiger partial charge in [-0.3, -0.25) is 9.59 Å². The maximum atomic E-state index is 11.9. The number of unbranched alkanes of at least 4 members (excludes halogenated alkanes) is 1. The molecule has 2 amide bonds. The Morgan fingerprint density at radius 2 is 1.52 bits per heavy atom. The summed E-state index contributed by atoms with van der Waals surface area (Å²) in [6.07, 6.45) is 1.71. The average Bonchev–Trinajstić information content (AvgIpc) is 2.36. The molecule has 1 rings (SSSR count). The molecule has 6 heteroatoms. The number of benzene rings is 1. The first-order valence-electron chi connectivity index (χ1n) is 6.79. The van der Waals surface area contributed by atoms with Crippen LogP contribution in [0, 0.1) is 0 Å². The van der Waals surface area contributed by atoms with Gasteiger partial charge >= 0.3 is 5.97 Å². The number of hydrogen-bond acceptors (Lipinski definition) is 4. The second-order valence-corrected chi connectivity index (χ2v) is 4.65. The number of anilines is 2. The summed E-state index contributed by atoms with van der Waals surface area (Å²) < 4.78 is 5.12. The van der Waals surface area contributed by atoms with Gasteiger partial charge in [-0.1, -0.05) is 13.3 Å². The van der Waals surface area contributed by atoms with E-state index in [-0.39, 0.29) is 17.4 Å². The molecular weight excluding hydrogens is 272 g/mol. The molecular formula is C15H20N2O4. The molecule has 0 radical (unpaired) electrons. The summed E-state index contributed by atoms with van der Waals surface area (Å²) in [7, 11) is 0. The van der Waals surface area contributed by atoms with Crippen molar-refractivity contribution in [1.82, 2.24) is 0 Å². The van der Waals surface area contributed by atoms with Crippen molar-refractivity contribution >= 4 is 29.2 Å². The zero-order valence-corrected chi connectivity index (χ0v) is 12.5. The highest BCUT2D eigenvalue weighted by molar-refractivity contribution is 5.97. The molecule has 0 aliphatic heterocycles. The lowest BCUT2D eigenvalue weighted by molar-refractivity contribution is -0.115. The van der Waals surface area contributed by atoms with Crippen molar-refractivity contribution in [2.75, 3.05) is 17.2 Å². The van der Waals surface area contributed by atoms with E-state index in [1.807, 2.05) is 6.92 Å². The number of esters is 1. The van der Waals surface area contributed by atoms with Crippen LogP contribution in [0.25, 0.3) is 0 Å². The third-order valence-corrected chi connectivity index (χ3v) is 2.54. The standard InChI is InChI=1S/C15H20N2O4/c1-4-5-6-21-15(20)12-7-13(16-10(2)18)9-14(8-12)17-11(3)19/h7-9H,4-6H2,1-3H3,(H,16,18)(H,17,19). The van der Waals surface area contributed by atoms with Crippen molar-refractivity contribution in [3.63, 3.8) is 0 Å². The lowest BCUT2D eigenvalue weighted by Crippen LogP contribution is -2.12. The van der Waals surface area contributed by atoms with E-state index in [9.17, 15) is 14.4 Å². The van der Waals surface area contributed by atoms with E-state index in [2.05, 4.69) is 10.6 Å².